The lowest BCUT2D eigenvalue weighted by molar-refractivity contribution is -0.150. The van der Waals surface area contributed by atoms with Gasteiger partial charge < -0.3 is 19.1 Å². The van der Waals surface area contributed by atoms with Crippen LogP contribution in [0.2, 0.25) is 0 Å². The highest BCUT2D eigenvalue weighted by atomic mass is 16.5. The highest BCUT2D eigenvalue weighted by molar-refractivity contribution is 5.69. The lowest BCUT2D eigenvalue weighted by atomic mass is 10.0. The molecule has 0 aromatic carbocycles. The molecule has 0 radical (unpaired) electrons. The van der Waals surface area contributed by atoms with Gasteiger partial charge in [-0.3, -0.25) is 14.4 Å². The molecule has 0 spiro atoms. The van der Waals surface area contributed by atoms with Crippen LogP contribution < -0.4 is 0 Å². The highest BCUT2D eigenvalue weighted by Crippen LogP contribution is 2.18. The first kappa shape index (κ1) is 47.3. The quantitative estimate of drug-likeness (QED) is 0.0281. The Balaban J connectivity index is 4.01. The Hall–Kier alpha value is -2.67. The van der Waals surface area contributed by atoms with E-state index < -0.39 is 0 Å². The zero-order chi connectivity index (χ0) is 36.8. The van der Waals surface area contributed by atoms with Crippen LogP contribution in [0.5, 0.6) is 0 Å². The van der Waals surface area contributed by atoms with E-state index in [0.29, 0.717) is 19.6 Å². The third kappa shape index (κ3) is 39.8. The van der Waals surface area contributed by atoms with Crippen LogP contribution in [0.1, 0.15) is 168 Å². The first-order valence-electron chi connectivity index (χ1n) is 20.0. The summed E-state index contributed by atoms with van der Waals surface area (Å²) in [6.45, 7) is 4.82. The molecule has 0 rings (SSSR count). The highest BCUT2D eigenvalue weighted by Gasteiger charge is 2.14. The molecular formula is C43H75NO6. The fraction of sp³-hybridized carbons (Fsp3) is 0.744. The summed E-state index contributed by atoms with van der Waals surface area (Å²) in [5, 5.41) is 0. The van der Waals surface area contributed by atoms with Crippen molar-refractivity contribution >= 4 is 17.9 Å². The molecular weight excluding hydrogens is 626 g/mol. The minimum Gasteiger partial charge on any atom is -0.466 e. The van der Waals surface area contributed by atoms with Gasteiger partial charge in [-0.2, -0.15) is 0 Å². The van der Waals surface area contributed by atoms with Crippen molar-refractivity contribution in [2.24, 2.45) is 0 Å². The van der Waals surface area contributed by atoms with E-state index in [1.165, 1.54) is 78.1 Å². The van der Waals surface area contributed by atoms with Gasteiger partial charge in [0.1, 0.15) is 6.10 Å². The van der Waals surface area contributed by atoms with Gasteiger partial charge in [0.25, 0.3) is 0 Å². The van der Waals surface area contributed by atoms with Crippen molar-refractivity contribution in [1.82, 2.24) is 4.90 Å². The largest absolute Gasteiger partial charge is 0.466 e. The van der Waals surface area contributed by atoms with E-state index in [1.807, 2.05) is 14.1 Å². The van der Waals surface area contributed by atoms with Gasteiger partial charge in [-0.1, -0.05) is 100.0 Å². The molecule has 0 saturated carbocycles. The molecule has 0 aromatic heterocycles. The minimum atomic E-state index is -0.206. The van der Waals surface area contributed by atoms with E-state index >= 15 is 0 Å². The van der Waals surface area contributed by atoms with Gasteiger partial charge in [0.05, 0.1) is 13.2 Å². The number of nitrogens with zero attached hydrogens (tertiary/aromatic N) is 1. The molecule has 7 heteroatoms. The number of carbonyl (C=O) groups excluding carboxylic acids is 3. The lowest BCUT2D eigenvalue weighted by Gasteiger charge is -2.18. The van der Waals surface area contributed by atoms with Gasteiger partial charge in [0.15, 0.2) is 0 Å². The van der Waals surface area contributed by atoms with Crippen LogP contribution in [-0.4, -0.2) is 62.8 Å². The standard InChI is InChI=1S/C43H75NO6/c1-40(45)48-38-31-27-23-19-15-11-7-5-9-13-17-21-25-29-34-42(50-43(47)36-33-37-44(3)4)35-30-26-22-18-14-10-6-8-12-16-20-24-28-32-39-49-41(2)46/h7-8,11-12,19-20,23-24,42H,5-6,9-10,13-18,21-22,25-39H2,1-4H3. The number of ether oxygens (including phenoxy) is 3. The molecule has 0 fully saturated rings. The molecule has 0 atom stereocenters. The zero-order valence-corrected chi connectivity index (χ0v) is 32.7. The first-order valence-corrected chi connectivity index (χ1v) is 20.0. The van der Waals surface area contributed by atoms with Gasteiger partial charge in [-0.05, 0) is 117 Å². The van der Waals surface area contributed by atoms with Crippen molar-refractivity contribution in [1.29, 1.82) is 0 Å². The first-order chi connectivity index (χ1) is 24.3. The second kappa shape index (κ2) is 37.6. The molecule has 0 amide bonds. The minimum absolute atomic E-state index is 0.0255. The van der Waals surface area contributed by atoms with Gasteiger partial charge in [-0.15, -0.1) is 0 Å². The normalized spacial score (nSPS) is 12.6. The van der Waals surface area contributed by atoms with Crippen molar-refractivity contribution in [2.75, 3.05) is 33.9 Å². The van der Waals surface area contributed by atoms with Crippen LogP contribution in [0.15, 0.2) is 48.6 Å². The Morgan fingerprint density at radius 1 is 0.500 bits per heavy atom. The van der Waals surface area contributed by atoms with Crippen LogP contribution in [0, 0.1) is 0 Å². The maximum Gasteiger partial charge on any atom is 0.306 e. The summed E-state index contributed by atoms with van der Waals surface area (Å²) < 4.78 is 15.8. The number of unbranched alkanes of at least 4 members (excludes halogenated alkanes) is 14. The third-order valence-corrected chi connectivity index (χ3v) is 8.43. The van der Waals surface area contributed by atoms with Crippen LogP contribution in [0.4, 0.5) is 0 Å². The van der Waals surface area contributed by atoms with Crippen LogP contribution in [0.25, 0.3) is 0 Å². The summed E-state index contributed by atoms with van der Waals surface area (Å²) in [4.78, 5) is 36.1. The van der Waals surface area contributed by atoms with Crippen LogP contribution in [0.3, 0.4) is 0 Å². The molecule has 7 nitrogen and oxygen atoms in total. The predicted molar refractivity (Wildman–Crippen MR) is 209 cm³/mol. The average Bonchev–Trinajstić information content (AvgIpc) is 3.06. The van der Waals surface area contributed by atoms with Crippen LogP contribution in [-0.2, 0) is 28.6 Å². The van der Waals surface area contributed by atoms with E-state index in [1.54, 1.807) is 0 Å². The van der Waals surface area contributed by atoms with Gasteiger partial charge >= 0.3 is 17.9 Å². The molecule has 0 saturated heterocycles. The number of allylic oxidation sites excluding steroid dienone is 8. The van der Waals surface area contributed by atoms with Crippen molar-refractivity contribution in [3.05, 3.63) is 48.6 Å². The fourth-order valence-electron chi connectivity index (χ4n) is 5.58. The van der Waals surface area contributed by atoms with Gasteiger partial charge in [0.2, 0.25) is 0 Å². The molecule has 0 N–H and O–H groups in total. The zero-order valence-electron chi connectivity index (χ0n) is 32.7. The van der Waals surface area contributed by atoms with Gasteiger partial charge in [-0.25, -0.2) is 0 Å². The fourth-order valence-corrected chi connectivity index (χ4v) is 5.58. The Kier molecular flexibility index (Phi) is 35.6. The second-order valence-corrected chi connectivity index (χ2v) is 13.7. The third-order valence-electron chi connectivity index (χ3n) is 8.43. The summed E-state index contributed by atoms with van der Waals surface area (Å²) in [5.41, 5.74) is 0. The SMILES string of the molecule is CC(=O)OCCCC=CCC=CCCCCCCCCC(CCCCCCCCC=CCC=CCCCOC(C)=O)OC(=O)CCCN(C)C. The number of hydrogen-bond donors (Lipinski definition) is 0. The number of rotatable bonds is 35. The Bertz CT molecular complexity index is 862. The molecule has 0 aliphatic heterocycles. The Labute approximate surface area is 307 Å². The van der Waals surface area contributed by atoms with Crippen LogP contribution >= 0.6 is 0 Å². The predicted octanol–water partition coefficient (Wildman–Crippen LogP) is 11.2. The van der Waals surface area contributed by atoms with E-state index in [-0.39, 0.29) is 24.0 Å². The molecule has 0 aliphatic carbocycles. The Morgan fingerprint density at radius 3 is 1.28 bits per heavy atom. The summed E-state index contributed by atoms with van der Waals surface area (Å²) in [6, 6.07) is 0. The summed E-state index contributed by atoms with van der Waals surface area (Å²) in [5.74, 6) is -0.437. The summed E-state index contributed by atoms with van der Waals surface area (Å²) in [7, 11) is 4.08. The monoisotopic (exact) mass is 702 g/mol. The number of esters is 3. The molecule has 50 heavy (non-hydrogen) atoms. The van der Waals surface area contributed by atoms with E-state index in [2.05, 4.69) is 53.5 Å². The summed E-state index contributed by atoms with van der Waals surface area (Å²) >= 11 is 0. The maximum absolute atomic E-state index is 12.5. The maximum atomic E-state index is 12.5. The summed E-state index contributed by atoms with van der Waals surface area (Å²) in [6.07, 6.45) is 43.9. The Morgan fingerprint density at radius 2 is 0.880 bits per heavy atom. The number of hydrogen-bond acceptors (Lipinski definition) is 7. The van der Waals surface area contributed by atoms with Crippen molar-refractivity contribution < 1.29 is 28.6 Å². The molecule has 0 aliphatic rings. The van der Waals surface area contributed by atoms with E-state index in [9.17, 15) is 14.4 Å². The number of carbonyl (C=O) groups is 3. The van der Waals surface area contributed by atoms with E-state index in [4.69, 9.17) is 14.2 Å². The van der Waals surface area contributed by atoms with Gasteiger partial charge in [0, 0.05) is 20.3 Å². The molecule has 0 unspecified atom stereocenters. The van der Waals surface area contributed by atoms with Crippen molar-refractivity contribution in [3.8, 4) is 0 Å². The average molecular weight is 702 g/mol. The van der Waals surface area contributed by atoms with Crippen molar-refractivity contribution in [2.45, 2.75) is 174 Å². The molecule has 0 heterocycles. The molecule has 288 valence electrons. The van der Waals surface area contributed by atoms with Crippen molar-refractivity contribution in [3.63, 3.8) is 0 Å². The smallest absolute Gasteiger partial charge is 0.306 e. The topological polar surface area (TPSA) is 82.1 Å². The molecule has 0 aromatic rings. The molecule has 0 bridgehead atoms. The second-order valence-electron chi connectivity index (χ2n) is 13.7. The lowest BCUT2D eigenvalue weighted by Crippen LogP contribution is -2.20. The van der Waals surface area contributed by atoms with E-state index in [0.717, 1.165) is 90.0 Å².